The van der Waals surface area contributed by atoms with E-state index in [1.54, 1.807) is 6.07 Å². The maximum absolute atomic E-state index is 5.83. The zero-order valence-corrected chi connectivity index (χ0v) is 10.9. The molecule has 1 aromatic heterocycles. The van der Waals surface area contributed by atoms with E-state index in [1.807, 2.05) is 36.4 Å². The van der Waals surface area contributed by atoms with Crippen LogP contribution in [-0.4, -0.2) is 4.98 Å². The highest BCUT2D eigenvalue weighted by molar-refractivity contribution is 9.10. The SMILES string of the molecule is Nc1cccc2oc(Nc3cccc(Br)c3)nc12. The lowest BCUT2D eigenvalue weighted by molar-refractivity contribution is 0.623. The Labute approximate surface area is 112 Å². The number of rotatable bonds is 2. The lowest BCUT2D eigenvalue weighted by atomic mass is 10.3. The van der Waals surface area contributed by atoms with Crippen LogP contribution in [0.25, 0.3) is 11.1 Å². The fraction of sp³-hybridized carbons (Fsp3) is 0. The van der Waals surface area contributed by atoms with Crippen LogP contribution in [0.1, 0.15) is 0 Å². The fourth-order valence-corrected chi connectivity index (χ4v) is 2.11. The van der Waals surface area contributed by atoms with Gasteiger partial charge in [0, 0.05) is 10.2 Å². The molecule has 0 unspecified atom stereocenters. The highest BCUT2D eigenvalue weighted by atomic mass is 79.9. The number of anilines is 3. The molecule has 5 heteroatoms. The van der Waals surface area contributed by atoms with E-state index in [0.29, 0.717) is 22.8 Å². The molecule has 0 saturated carbocycles. The van der Waals surface area contributed by atoms with Crippen LogP contribution in [0.4, 0.5) is 17.4 Å². The zero-order valence-electron chi connectivity index (χ0n) is 9.35. The lowest BCUT2D eigenvalue weighted by Crippen LogP contribution is -1.90. The van der Waals surface area contributed by atoms with E-state index < -0.39 is 0 Å². The standard InChI is InChI=1S/C13H10BrN3O/c14-8-3-1-4-9(7-8)16-13-17-12-10(15)5-2-6-11(12)18-13/h1-7H,15H2,(H,16,17). The van der Waals surface area contributed by atoms with E-state index in [-0.39, 0.29) is 0 Å². The highest BCUT2D eigenvalue weighted by Gasteiger charge is 2.07. The van der Waals surface area contributed by atoms with Crippen LogP contribution < -0.4 is 11.1 Å². The largest absolute Gasteiger partial charge is 0.423 e. The molecule has 4 nitrogen and oxygen atoms in total. The molecule has 0 aliphatic carbocycles. The molecule has 90 valence electrons. The molecule has 3 aromatic rings. The highest BCUT2D eigenvalue weighted by Crippen LogP contribution is 2.26. The lowest BCUT2D eigenvalue weighted by Gasteiger charge is -2.00. The van der Waals surface area contributed by atoms with Gasteiger partial charge in [-0.3, -0.25) is 0 Å². The molecule has 0 radical (unpaired) electrons. The molecular formula is C13H10BrN3O. The Balaban J connectivity index is 1.98. The van der Waals surface area contributed by atoms with Crippen LogP contribution in [0.5, 0.6) is 0 Å². The molecule has 18 heavy (non-hydrogen) atoms. The topological polar surface area (TPSA) is 64.1 Å². The van der Waals surface area contributed by atoms with E-state index in [1.165, 1.54) is 0 Å². The summed E-state index contributed by atoms with van der Waals surface area (Å²) in [6.45, 7) is 0. The van der Waals surface area contributed by atoms with Gasteiger partial charge in [-0.05, 0) is 30.3 Å². The minimum absolute atomic E-state index is 0.431. The van der Waals surface area contributed by atoms with Crippen LogP contribution in [0.3, 0.4) is 0 Å². The van der Waals surface area contributed by atoms with Crippen molar-refractivity contribution in [3.8, 4) is 0 Å². The summed E-state index contributed by atoms with van der Waals surface area (Å²) in [7, 11) is 0. The second-order valence-electron chi connectivity index (χ2n) is 3.85. The summed E-state index contributed by atoms with van der Waals surface area (Å²) < 4.78 is 6.56. The first kappa shape index (κ1) is 11.1. The number of hydrogen-bond donors (Lipinski definition) is 2. The van der Waals surface area contributed by atoms with Gasteiger partial charge in [0.05, 0.1) is 5.69 Å². The summed E-state index contributed by atoms with van der Waals surface area (Å²) in [5.41, 5.74) is 8.69. The molecule has 0 saturated heterocycles. The summed E-state index contributed by atoms with van der Waals surface area (Å²) in [5, 5.41) is 3.10. The molecule has 0 bridgehead atoms. The first-order chi connectivity index (χ1) is 8.72. The summed E-state index contributed by atoms with van der Waals surface area (Å²) in [6, 6.07) is 13.7. The molecular weight excluding hydrogens is 294 g/mol. The third-order valence-corrected chi connectivity index (χ3v) is 3.02. The van der Waals surface area contributed by atoms with Gasteiger partial charge in [-0.2, -0.15) is 4.98 Å². The molecule has 0 aliphatic rings. The summed E-state index contributed by atoms with van der Waals surface area (Å²) in [5.74, 6) is 0. The van der Waals surface area contributed by atoms with Crippen molar-refractivity contribution in [1.29, 1.82) is 0 Å². The molecule has 0 aliphatic heterocycles. The summed E-state index contributed by atoms with van der Waals surface area (Å²) >= 11 is 3.41. The molecule has 0 atom stereocenters. The molecule has 0 fully saturated rings. The van der Waals surface area contributed by atoms with E-state index >= 15 is 0 Å². The van der Waals surface area contributed by atoms with Crippen LogP contribution in [0, 0.1) is 0 Å². The molecule has 0 amide bonds. The van der Waals surface area contributed by atoms with Crippen molar-refractivity contribution in [3.05, 3.63) is 46.9 Å². The maximum atomic E-state index is 5.83. The Bertz CT molecular complexity index is 708. The Kier molecular flexibility index (Phi) is 2.68. The van der Waals surface area contributed by atoms with Crippen LogP contribution >= 0.6 is 15.9 Å². The quantitative estimate of drug-likeness (QED) is 0.704. The third kappa shape index (κ3) is 2.04. The Morgan fingerprint density at radius 2 is 2.00 bits per heavy atom. The number of oxazole rings is 1. The first-order valence-corrected chi connectivity index (χ1v) is 6.19. The predicted octanol–water partition coefficient (Wildman–Crippen LogP) is 3.92. The number of nitrogens with two attached hydrogens (primary N) is 1. The molecule has 3 rings (SSSR count). The molecule has 0 spiro atoms. The van der Waals surface area contributed by atoms with Crippen molar-refractivity contribution >= 4 is 44.4 Å². The van der Waals surface area contributed by atoms with Crippen molar-refractivity contribution in [2.24, 2.45) is 0 Å². The third-order valence-electron chi connectivity index (χ3n) is 2.53. The van der Waals surface area contributed by atoms with E-state index in [9.17, 15) is 0 Å². The average Bonchev–Trinajstić information content (AvgIpc) is 2.73. The van der Waals surface area contributed by atoms with E-state index in [2.05, 4.69) is 26.2 Å². The minimum atomic E-state index is 0.431. The first-order valence-electron chi connectivity index (χ1n) is 5.40. The second kappa shape index (κ2) is 4.34. The number of halogens is 1. The second-order valence-corrected chi connectivity index (χ2v) is 4.76. The van der Waals surface area contributed by atoms with Crippen molar-refractivity contribution in [3.63, 3.8) is 0 Å². The fourth-order valence-electron chi connectivity index (χ4n) is 1.71. The zero-order chi connectivity index (χ0) is 12.5. The number of nitrogen functional groups attached to an aromatic ring is 1. The van der Waals surface area contributed by atoms with Crippen molar-refractivity contribution in [2.75, 3.05) is 11.1 Å². The average molecular weight is 304 g/mol. The Hall–Kier alpha value is -2.01. The van der Waals surface area contributed by atoms with Gasteiger partial charge in [0.25, 0.3) is 6.01 Å². The number of aromatic nitrogens is 1. The molecule has 1 heterocycles. The monoisotopic (exact) mass is 303 g/mol. The smallest absolute Gasteiger partial charge is 0.300 e. The summed E-state index contributed by atoms with van der Waals surface area (Å²) in [4.78, 5) is 4.32. The molecule has 3 N–H and O–H groups in total. The van der Waals surface area contributed by atoms with Crippen molar-refractivity contribution in [2.45, 2.75) is 0 Å². The van der Waals surface area contributed by atoms with E-state index in [0.717, 1.165) is 10.2 Å². The van der Waals surface area contributed by atoms with Gasteiger partial charge in [-0.15, -0.1) is 0 Å². The van der Waals surface area contributed by atoms with Crippen LogP contribution in [-0.2, 0) is 0 Å². The predicted molar refractivity (Wildman–Crippen MR) is 75.8 cm³/mol. The molecule has 2 aromatic carbocycles. The van der Waals surface area contributed by atoms with Crippen LogP contribution in [0.15, 0.2) is 51.4 Å². The van der Waals surface area contributed by atoms with Gasteiger partial charge in [0.15, 0.2) is 5.58 Å². The van der Waals surface area contributed by atoms with Crippen molar-refractivity contribution < 1.29 is 4.42 Å². The van der Waals surface area contributed by atoms with Gasteiger partial charge >= 0.3 is 0 Å². The summed E-state index contributed by atoms with van der Waals surface area (Å²) in [6.07, 6.45) is 0. The van der Waals surface area contributed by atoms with Gasteiger partial charge in [0.1, 0.15) is 5.52 Å². The number of hydrogen-bond acceptors (Lipinski definition) is 4. The minimum Gasteiger partial charge on any atom is -0.423 e. The van der Waals surface area contributed by atoms with Gasteiger partial charge < -0.3 is 15.5 Å². The normalized spacial score (nSPS) is 10.7. The number of benzene rings is 2. The number of nitrogens with one attached hydrogen (secondary N) is 1. The Morgan fingerprint density at radius 3 is 2.78 bits per heavy atom. The van der Waals surface area contributed by atoms with Crippen molar-refractivity contribution in [1.82, 2.24) is 4.98 Å². The number of nitrogens with zero attached hydrogens (tertiary/aromatic N) is 1. The van der Waals surface area contributed by atoms with Gasteiger partial charge in [-0.1, -0.05) is 28.1 Å². The van der Waals surface area contributed by atoms with Gasteiger partial charge in [-0.25, -0.2) is 0 Å². The number of para-hydroxylation sites is 1. The maximum Gasteiger partial charge on any atom is 0.300 e. The van der Waals surface area contributed by atoms with Gasteiger partial charge in [0.2, 0.25) is 0 Å². The van der Waals surface area contributed by atoms with E-state index in [4.69, 9.17) is 10.2 Å². The number of fused-ring (bicyclic) bond motifs is 1. The Morgan fingerprint density at radius 1 is 1.17 bits per heavy atom. The van der Waals surface area contributed by atoms with Crippen LogP contribution in [0.2, 0.25) is 0 Å².